The van der Waals surface area contributed by atoms with Gasteiger partial charge in [0.2, 0.25) is 5.43 Å². The third-order valence-corrected chi connectivity index (χ3v) is 7.30. The van der Waals surface area contributed by atoms with E-state index in [2.05, 4.69) is 42.2 Å². The van der Waals surface area contributed by atoms with Crippen LogP contribution < -0.4 is 5.43 Å². The summed E-state index contributed by atoms with van der Waals surface area (Å²) in [6, 6.07) is 28.3. The van der Waals surface area contributed by atoms with Gasteiger partial charge in [0.25, 0.3) is 0 Å². The quantitative estimate of drug-likeness (QED) is 0.300. The molecule has 1 N–H and O–H groups in total. The van der Waals surface area contributed by atoms with Crippen LogP contribution in [0.25, 0.3) is 21.5 Å². The monoisotopic (exact) mass is 480 g/mol. The molecule has 1 atom stereocenters. The Bertz CT molecular complexity index is 1560. The van der Waals surface area contributed by atoms with Gasteiger partial charge in [0.15, 0.2) is 0 Å². The second-order valence-electron chi connectivity index (χ2n) is 8.61. The van der Waals surface area contributed by atoms with E-state index in [9.17, 15) is 14.7 Å². The van der Waals surface area contributed by atoms with Gasteiger partial charge in [0.1, 0.15) is 15.9 Å². The molecule has 0 fully saturated rings. The second kappa shape index (κ2) is 9.68. The molecule has 0 amide bonds. The van der Waals surface area contributed by atoms with Crippen molar-refractivity contribution in [2.75, 3.05) is 0 Å². The molecule has 0 radical (unpaired) electrons. The summed E-state index contributed by atoms with van der Waals surface area (Å²) in [5.41, 5.74) is 3.82. The van der Waals surface area contributed by atoms with Crippen molar-refractivity contribution >= 4 is 27.7 Å². The van der Waals surface area contributed by atoms with Gasteiger partial charge in [0.05, 0.1) is 5.01 Å². The van der Waals surface area contributed by atoms with E-state index >= 15 is 0 Å². The molecule has 0 aliphatic carbocycles. The van der Waals surface area contributed by atoms with Crippen molar-refractivity contribution in [2.24, 2.45) is 0 Å². The van der Waals surface area contributed by atoms with E-state index in [0.29, 0.717) is 17.8 Å². The molecule has 5 nitrogen and oxygen atoms in total. The molecule has 0 bridgehead atoms. The molecule has 35 heavy (non-hydrogen) atoms. The molecule has 0 spiro atoms. The third kappa shape index (κ3) is 4.66. The highest BCUT2D eigenvalue weighted by Gasteiger charge is 2.20. The number of nitrogens with zero attached hydrogens (tertiary/aromatic N) is 2. The van der Waals surface area contributed by atoms with Crippen LogP contribution >= 0.6 is 11.3 Å². The van der Waals surface area contributed by atoms with E-state index in [1.807, 2.05) is 59.2 Å². The predicted octanol–water partition coefficient (Wildman–Crippen LogP) is 6.22. The van der Waals surface area contributed by atoms with Gasteiger partial charge >= 0.3 is 5.97 Å². The number of pyridine rings is 1. The number of fused-ring (bicyclic) bond motifs is 1. The number of carboxylic acids is 1. The lowest BCUT2D eigenvalue weighted by Crippen LogP contribution is -2.19. The summed E-state index contributed by atoms with van der Waals surface area (Å²) in [7, 11) is 0. The molecule has 0 saturated heterocycles. The van der Waals surface area contributed by atoms with Crippen molar-refractivity contribution in [1.82, 2.24) is 9.55 Å². The first-order chi connectivity index (χ1) is 17.0. The average Bonchev–Trinajstić information content (AvgIpc) is 3.31. The van der Waals surface area contributed by atoms with E-state index in [4.69, 9.17) is 0 Å². The minimum Gasteiger partial charge on any atom is -0.477 e. The summed E-state index contributed by atoms with van der Waals surface area (Å²) in [6.07, 6.45) is 2.13. The number of hydrogen-bond donors (Lipinski definition) is 1. The molecule has 0 saturated carbocycles. The number of aromatic nitrogens is 2. The molecule has 5 rings (SSSR count). The van der Waals surface area contributed by atoms with Gasteiger partial charge in [-0.05, 0) is 28.2 Å². The van der Waals surface area contributed by atoms with E-state index in [-0.39, 0.29) is 17.0 Å². The molecular weight excluding hydrogens is 456 g/mol. The Morgan fingerprint density at radius 2 is 1.63 bits per heavy atom. The van der Waals surface area contributed by atoms with Gasteiger partial charge in [-0.2, -0.15) is 0 Å². The van der Waals surface area contributed by atoms with Gasteiger partial charge in [-0.25, -0.2) is 9.78 Å². The van der Waals surface area contributed by atoms with E-state index < -0.39 is 11.4 Å². The fourth-order valence-electron chi connectivity index (χ4n) is 4.36. The van der Waals surface area contributed by atoms with Crippen LogP contribution in [0.15, 0.2) is 95.9 Å². The zero-order chi connectivity index (χ0) is 24.4. The van der Waals surface area contributed by atoms with Crippen molar-refractivity contribution in [1.29, 1.82) is 0 Å². The SMILES string of the molecule is CC(Cc1nc2c(=O)c(C(=O)O)cn(Cc3ccccc3-c3ccccc3)c2s1)c1ccccc1. The Labute approximate surface area is 207 Å². The second-order valence-corrected chi connectivity index (χ2v) is 9.67. The molecular formula is C29H24N2O3S. The van der Waals surface area contributed by atoms with Gasteiger partial charge in [0, 0.05) is 19.2 Å². The first kappa shape index (κ1) is 22.7. The molecule has 0 aliphatic rings. The number of thiazole rings is 1. The number of aromatic carboxylic acids is 1. The van der Waals surface area contributed by atoms with Crippen molar-refractivity contribution < 1.29 is 9.90 Å². The fourth-order valence-corrected chi connectivity index (χ4v) is 5.52. The smallest absolute Gasteiger partial charge is 0.341 e. The highest BCUT2D eigenvalue weighted by Crippen LogP contribution is 2.29. The van der Waals surface area contributed by atoms with Crippen LogP contribution in [0.2, 0.25) is 0 Å². The van der Waals surface area contributed by atoms with Crippen LogP contribution in [0.3, 0.4) is 0 Å². The van der Waals surface area contributed by atoms with E-state index in [1.165, 1.54) is 23.1 Å². The Balaban J connectivity index is 1.59. The number of carbonyl (C=O) groups is 1. The Kier molecular flexibility index (Phi) is 6.29. The molecule has 6 heteroatoms. The molecule has 3 aromatic carbocycles. The standard InChI is InChI=1S/C29H24N2O3S/c1-19(20-10-4-2-5-11-20)16-25-30-26-27(32)24(29(33)34)18-31(28(26)35-25)17-22-14-8-9-15-23(22)21-12-6-3-7-13-21/h2-15,18-19H,16-17H2,1H3,(H,33,34). The average molecular weight is 481 g/mol. The van der Waals surface area contributed by atoms with Gasteiger partial charge in [-0.15, -0.1) is 11.3 Å². The molecule has 2 heterocycles. The normalized spacial score (nSPS) is 12.0. The first-order valence-corrected chi connectivity index (χ1v) is 12.3. The summed E-state index contributed by atoms with van der Waals surface area (Å²) >= 11 is 1.46. The third-order valence-electron chi connectivity index (χ3n) is 6.18. The van der Waals surface area contributed by atoms with Crippen LogP contribution in [0.5, 0.6) is 0 Å². The van der Waals surface area contributed by atoms with E-state index in [1.54, 1.807) is 0 Å². The van der Waals surface area contributed by atoms with Crippen LogP contribution in [0.1, 0.15) is 39.3 Å². The topological polar surface area (TPSA) is 72.2 Å². The van der Waals surface area contributed by atoms with Gasteiger partial charge < -0.3 is 9.67 Å². The zero-order valence-corrected chi connectivity index (χ0v) is 20.0. The molecule has 5 aromatic rings. The molecule has 2 aromatic heterocycles. The predicted molar refractivity (Wildman–Crippen MR) is 140 cm³/mol. The lowest BCUT2D eigenvalue weighted by molar-refractivity contribution is 0.0695. The van der Waals surface area contributed by atoms with E-state index in [0.717, 1.165) is 21.7 Å². The molecule has 0 aliphatic heterocycles. The minimum absolute atomic E-state index is 0.220. The highest BCUT2D eigenvalue weighted by molar-refractivity contribution is 7.18. The first-order valence-electron chi connectivity index (χ1n) is 11.5. The Morgan fingerprint density at radius 3 is 2.34 bits per heavy atom. The minimum atomic E-state index is -1.24. The zero-order valence-electron chi connectivity index (χ0n) is 19.2. The maximum Gasteiger partial charge on any atom is 0.341 e. The van der Waals surface area contributed by atoms with Gasteiger partial charge in [-0.3, -0.25) is 4.79 Å². The number of carboxylic acid groups (broad SMARTS) is 1. The van der Waals surface area contributed by atoms with Crippen LogP contribution in [0, 0.1) is 0 Å². The van der Waals surface area contributed by atoms with Crippen molar-refractivity contribution in [3.63, 3.8) is 0 Å². The number of hydrogen-bond acceptors (Lipinski definition) is 4. The lowest BCUT2D eigenvalue weighted by Gasteiger charge is -2.13. The summed E-state index contributed by atoms with van der Waals surface area (Å²) in [6.45, 7) is 2.56. The molecule has 1 unspecified atom stereocenters. The summed E-state index contributed by atoms with van der Waals surface area (Å²) in [5, 5.41) is 10.5. The van der Waals surface area contributed by atoms with Gasteiger partial charge in [-0.1, -0.05) is 91.9 Å². The number of rotatable bonds is 7. The van der Waals surface area contributed by atoms with Crippen molar-refractivity contribution in [3.05, 3.63) is 123 Å². The fraction of sp³-hybridized carbons (Fsp3) is 0.138. The van der Waals surface area contributed by atoms with Crippen molar-refractivity contribution in [3.8, 4) is 11.1 Å². The lowest BCUT2D eigenvalue weighted by atomic mass is 9.98. The maximum atomic E-state index is 13.0. The largest absolute Gasteiger partial charge is 0.477 e. The van der Waals surface area contributed by atoms with Crippen LogP contribution in [-0.2, 0) is 13.0 Å². The van der Waals surface area contributed by atoms with Crippen molar-refractivity contribution in [2.45, 2.75) is 25.8 Å². The Hall–Kier alpha value is -4.03. The van der Waals surface area contributed by atoms with Crippen LogP contribution in [-0.4, -0.2) is 20.6 Å². The summed E-state index contributed by atoms with van der Waals surface area (Å²) < 4.78 is 1.86. The maximum absolute atomic E-state index is 13.0. The summed E-state index contributed by atoms with van der Waals surface area (Å²) in [5.74, 6) is -1.02. The molecule has 174 valence electrons. The van der Waals surface area contributed by atoms with Crippen LogP contribution in [0.4, 0.5) is 0 Å². The highest BCUT2D eigenvalue weighted by atomic mass is 32.1. The summed E-state index contributed by atoms with van der Waals surface area (Å²) in [4.78, 5) is 30.2. The Morgan fingerprint density at radius 1 is 0.971 bits per heavy atom. The number of benzene rings is 3.